The highest BCUT2D eigenvalue weighted by Crippen LogP contribution is 2.12. The Hall–Kier alpha value is -0.120. The van der Waals surface area contributed by atoms with E-state index in [0.717, 1.165) is 19.4 Å². The first kappa shape index (κ1) is 21.9. The highest BCUT2D eigenvalue weighted by Gasteiger charge is 2.15. The third-order valence-corrected chi connectivity index (χ3v) is 4.46. The van der Waals surface area contributed by atoms with Crippen molar-refractivity contribution >= 4 is 0 Å². The number of nitrogens with two attached hydrogens (primary N) is 2. The van der Waals surface area contributed by atoms with E-state index in [4.69, 9.17) is 16.2 Å². The Kier molecular flexibility index (Phi) is 17.1. The van der Waals surface area contributed by atoms with Crippen molar-refractivity contribution < 1.29 is 4.74 Å². The lowest BCUT2D eigenvalue weighted by molar-refractivity contribution is 0.0294. The molecule has 0 aliphatic carbocycles. The van der Waals surface area contributed by atoms with Gasteiger partial charge in [-0.2, -0.15) is 0 Å². The van der Waals surface area contributed by atoms with E-state index in [1.54, 1.807) is 0 Å². The van der Waals surface area contributed by atoms with Crippen molar-refractivity contribution in [2.75, 3.05) is 13.2 Å². The zero-order valence-electron chi connectivity index (χ0n) is 15.3. The lowest BCUT2D eigenvalue weighted by atomic mass is 10.1. The highest BCUT2D eigenvalue weighted by atomic mass is 16.5. The van der Waals surface area contributed by atoms with Crippen LogP contribution in [-0.2, 0) is 4.74 Å². The third-order valence-electron chi connectivity index (χ3n) is 4.46. The minimum absolute atomic E-state index is 0.0997. The lowest BCUT2D eigenvalue weighted by Crippen LogP contribution is -2.38. The number of rotatable bonds is 17. The molecular weight excluding hydrogens is 272 g/mol. The Bertz CT molecular complexity index is 212. The molecule has 0 aliphatic rings. The molecular formula is C19H42N2O. The van der Waals surface area contributed by atoms with Gasteiger partial charge in [-0.05, 0) is 25.8 Å². The largest absolute Gasteiger partial charge is 0.377 e. The fraction of sp³-hybridized carbons (Fsp3) is 1.00. The van der Waals surface area contributed by atoms with Gasteiger partial charge in [0.15, 0.2) is 0 Å². The van der Waals surface area contributed by atoms with E-state index in [1.165, 1.54) is 70.6 Å². The first-order valence-electron chi connectivity index (χ1n) is 9.83. The van der Waals surface area contributed by atoms with Crippen LogP contribution in [0.5, 0.6) is 0 Å². The summed E-state index contributed by atoms with van der Waals surface area (Å²) < 4.78 is 5.91. The summed E-state index contributed by atoms with van der Waals surface area (Å²) in [5.41, 5.74) is 11.6. The molecule has 0 heterocycles. The molecule has 3 heteroatoms. The Labute approximate surface area is 139 Å². The van der Waals surface area contributed by atoms with Gasteiger partial charge in [-0.3, -0.25) is 0 Å². The van der Waals surface area contributed by atoms with Gasteiger partial charge in [0.25, 0.3) is 0 Å². The molecule has 4 N–H and O–H groups in total. The van der Waals surface area contributed by atoms with Gasteiger partial charge in [0, 0.05) is 12.6 Å². The van der Waals surface area contributed by atoms with Gasteiger partial charge in [-0.15, -0.1) is 0 Å². The average Bonchev–Trinajstić information content (AvgIpc) is 2.52. The molecule has 0 amide bonds. The normalized spacial score (nSPS) is 14.2. The molecule has 0 saturated heterocycles. The first-order chi connectivity index (χ1) is 10.8. The van der Waals surface area contributed by atoms with E-state index in [1.807, 2.05) is 0 Å². The summed E-state index contributed by atoms with van der Waals surface area (Å²) in [5.74, 6) is 0. The van der Waals surface area contributed by atoms with Gasteiger partial charge in [0.1, 0.15) is 0 Å². The summed E-state index contributed by atoms with van der Waals surface area (Å²) in [4.78, 5) is 0. The Morgan fingerprint density at radius 2 is 1.27 bits per heavy atom. The monoisotopic (exact) mass is 314 g/mol. The molecule has 2 atom stereocenters. The maximum Gasteiger partial charge on any atom is 0.0723 e. The van der Waals surface area contributed by atoms with Crippen molar-refractivity contribution in [3.05, 3.63) is 0 Å². The molecule has 0 fully saturated rings. The molecule has 0 aromatic heterocycles. The zero-order valence-corrected chi connectivity index (χ0v) is 15.3. The van der Waals surface area contributed by atoms with Gasteiger partial charge < -0.3 is 16.2 Å². The summed E-state index contributed by atoms with van der Waals surface area (Å²) in [6.45, 7) is 5.92. The lowest BCUT2D eigenvalue weighted by Gasteiger charge is -2.22. The molecule has 2 unspecified atom stereocenters. The van der Waals surface area contributed by atoms with E-state index in [2.05, 4.69) is 13.8 Å². The minimum atomic E-state index is 0.0997. The van der Waals surface area contributed by atoms with Crippen LogP contribution in [0.4, 0.5) is 0 Å². The molecule has 0 rings (SSSR count). The van der Waals surface area contributed by atoms with Crippen LogP contribution in [0.3, 0.4) is 0 Å². The number of hydrogen-bond acceptors (Lipinski definition) is 3. The topological polar surface area (TPSA) is 61.3 Å². The quantitative estimate of drug-likeness (QED) is 0.380. The standard InChI is InChI=1S/C19H42N2O/c1-3-5-6-7-8-9-10-11-12-13-14-17-22-19(4-2)18(21)15-16-20/h18-19H,3-17,20-21H2,1-2H3. The molecule has 22 heavy (non-hydrogen) atoms. The molecule has 0 aliphatic heterocycles. The van der Waals surface area contributed by atoms with Gasteiger partial charge in [0.2, 0.25) is 0 Å². The maximum absolute atomic E-state index is 6.07. The fourth-order valence-corrected chi connectivity index (χ4v) is 2.92. The minimum Gasteiger partial charge on any atom is -0.377 e. The second-order valence-electron chi connectivity index (χ2n) is 6.59. The van der Waals surface area contributed by atoms with Crippen LogP contribution in [0, 0.1) is 0 Å². The molecule has 0 bridgehead atoms. The molecule has 0 saturated carbocycles. The van der Waals surface area contributed by atoms with Crippen LogP contribution in [0.1, 0.15) is 97.3 Å². The summed E-state index contributed by atoms with van der Waals surface area (Å²) >= 11 is 0. The molecule has 0 aromatic carbocycles. The van der Waals surface area contributed by atoms with Crippen LogP contribution < -0.4 is 11.5 Å². The van der Waals surface area contributed by atoms with E-state index in [-0.39, 0.29) is 12.1 Å². The maximum atomic E-state index is 6.07. The summed E-state index contributed by atoms with van der Waals surface area (Å²) in [7, 11) is 0. The van der Waals surface area contributed by atoms with Gasteiger partial charge in [-0.1, -0.05) is 78.1 Å². The van der Waals surface area contributed by atoms with E-state index in [0.29, 0.717) is 6.54 Å². The second-order valence-corrected chi connectivity index (χ2v) is 6.59. The number of hydrogen-bond donors (Lipinski definition) is 2. The highest BCUT2D eigenvalue weighted by molar-refractivity contribution is 4.72. The van der Waals surface area contributed by atoms with Gasteiger partial charge in [-0.25, -0.2) is 0 Å². The van der Waals surface area contributed by atoms with Crippen LogP contribution in [0.25, 0.3) is 0 Å². The Morgan fingerprint density at radius 3 is 1.73 bits per heavy atom. The molecule has 134 valence electrons. The van der Waals surface area contributed by atoms with Crippen molar-refractivity contribution in [2.45, 2.75) is 109 Å². The Morgan fingerprint density at radius 1 is 0.773 bits per heavy atom. The van der Waals surface area contributed by atoms with Crippen molar-refractivity contribution in [2.24, 2.45) is 11.5 Å². The van der Waals surface area contributed by atoms with Crippen molar-refractivity contribution in [3.63, 3.8) is 0 Å². The summed E-state index contributed by atoms with van der Waals surface area (Å²) in [5, 5.41) is 0. The molecule has 0 spiro atoms. The first-order valence-corrected chi connectivity index (χ1v) is 9.83. The average molecular weight is 315 g/mol. The Balaban J connectivity index is 3.28. The van der Waals surface area contributed by atoms with Crippen molar-refractivity contribution in [1.29, 1.82) is 0 Å². The smallest absolute Gasteiger partial charge is 0.0723 e. The number of unbranched alkanes of at least 4 members (excludes halogenated alkanes) is 10. The van der Waals surface area contributed by atoms with E-state index in [9.17, 15) is 0 Å². The van der Waals surface area contributed by atoms with E-state index >= 15 is 0 Å². The van der Waals surface area contributed by atoms with Crippen LogP contribution in [-0.4, -0.2) is 25.3 Å². The molecule has 0 aromatic rings. The van der Waals surface area contributed by atoms with Gasteiger partial charge >= 0.3 is 0 Å². The number of ether oxygens (including phenoxy) is 1. The summed E-state index contributed by atoms with van der Waals surface area (Å²) in [6, 6.07) is 0.0997. The van der Waals surface area contributed by atoms with Crippen LogP contribution in [0.15, 0.2) is 0 Å². The molecule has 3 nitrogen and oxygen atoms in total. The van der Waals surface area contributed by atoms with Crippen molar-refractivity contribution in [1.82, 2.24) is 0 Å². The zero-order chi connectivity index (χ0) is 16.5. The second kappa shape index (κ2) is 17.2. The summed E-state index contributed by atoms with van der Waals surface area (Å²) in [6.07, 6.45) is 17.1. The predicted octanol–water partition coefficient (Wildman–Crippen LogP) is 4.77. The van der Waals surface area contributed by atoms with Crippen molar-refractivity contribution in [3.8, 4) is 0 Å². The predicted molar refractivity (Wildman–Crippen MR) is 98.1 cm³/mol. The third kappa shape index (κ3) is 13.5. The fourth-order valence-electron chi connectivity index (χ4n) is 2.92. The molecule has 0 radical (unpaired) electrons. The van der Waals surface area contributed by atoms with E-state index < -0.39 is 0 Å². The van der Waals surface area contributed by atoms with Gasteiger partial charge in [0.05, 0.1) is 6.10 Å². The van der Waals surface area contributed by atoms with Crippen LogP contribution >= 0.6 is 0 Å². The SMILES string of the molecule is CCCCCCCCCCCCCOC(CC)C(N)CCN. The van der Waals surface area contributed by atoms with Crippen LogP contribution in [0.2, 0.25) is 0 Å².